The van der Waals surface area contributed by atoms with E-state index in [4.69, 9.17) is 9.47 Å². The Morgan fingerprint density at radius 2 is 1.32 bits per heavy atom. The Labute approximate surface area is 213 Å². The van der Waals surface area contributed by atoms with Crippen LogP contribution in [0.1, 0.15) is 105 Å². The van der Waals surface area contributed by atoms with Gasteiger partial charge in [0.2, 0.25) is 0 Å². The Kier molecular flexibility index (Phi) is 21.7. The topological polar surface area (TPSA) is 37.0 Å². The van der Waals surface area contributed by atoms with E-state index in [1.54, 1.807) is 0 Å². The Morgan fingerprint density at radius 1 is 0.676 bits per heavy atom. The third kappa shape index (κ3) is 16.5. The number of nitrogens with one attached hydrogen (secondary N) is 1. The summed E-state index contributed by atoms with van der Waals surface area (Å²) in [4.78, 5) is 5.28. The summed E-state index contributed by atoms with van der Waals surface area (Å²) in [7, 11) is 0. The Morgan fingerprint density at radius 3 is 2.00 bits per heavy atom. The maximum absolute atomic E-state index is 5.84. The number of hydrogen-bond donors (Lipinski definition) is 1. The predicted octanol–water partition coefficient (Wildman–Crippen LogP) is 5.97. The molecule has 1 saturated heterocycles. The highest BCUT2D eigenvalue weighted by Crippen LogP contribution is 2.17. The molecule has 0 amide bonds. The second-order valence-electron chi connectivity index (χ2n) is 10.4. The maximum atomic E-state index is 5.84. The van der Waals surface area contributed by atoms with Gasteiger partial charge in [0.1, 0.15) is 0 Å². The summed E-state index contributed by atoms with van der Waals surface area (Å²) < 4.78 is 11.6. The minimum atomic E-state index is 0.710. The Bertz CT molecular complexity index is 416. The highest BCUT2D eigenvalue weighted by Gasteiger charge is 2.22. The molecule has 204 valence electrons. The molecular weight excluding hydrogens is 422 g/mol. The molecule has 0 aromatic rings. The molecule has 0 aliphatic carbocycles. The minimum Gasteiger partial charge on any atom is -0.378 e. The molecule has 0 aromatic heterocycles. The largest absolute Gasteiger partial charge is 0.378 e. The number of piperazine rings is 1. The first-order valence-corrected chi connectivity index (χ1v) is 15.1. The molecule has 1 fully saturated rings. The minimum absolute atomic E-state index is 0.710. The van der Waals surface area contributed by atoms with Crippen LogP contribution < -0.4 is 5.32 Å². The van der Waals surface area contributed by atoms with Gasteiger partial charge >= 0.3 is 0 Å². The van der Waals surface area contributed by atoms with Gasteiger partial charge < -0.3 is 14.8 Å². The van der Waals surface area contributed by atoms with E-state index in [1.807, 2.05) is 0 Å². The van der Waals surface area contributed by atoms with Crippen LogP contribution >= 0.6 is 0 Å². The van der Waals surface area contributed by atoms with Crippen LogP contribution in [0.5, 0.6) is 0 Å². The van der Waals surface area contributed by atoms with Crippen LogP contribution in [0.15, 0.2) is 0 Å². The van der Waals surface area contributed by atoms with Gasteiger partial charge in [-0.3, -0.25) is 9.80 Å². The SMILES string of the molecule is CCCCCCC(CCCC)CNCCOCCOCCN1CCN(C(CC)CCCC)CC1. The van der Waals surface area contributed by atoms with Crippen molar-refractivity contribution in [3.05, 3.63) is 0 Å². The molecule has 5 nitrogen and oxygen atoms in total. The van der Waals surface area contributed by atoms with Crippen LogP contribution in [0.3, 0.4) is 0 Å². The van der Waals surface area contributed by atoms with Gasteiger partial charge in [-0.1, -0.05) is 79.1 Å². The first-order chi connectivity index (χ1) is 16.7. The third-order valence-electron chi connectivity index (χ3n) is 7.50. The lowest BCUT2D eigenvalue weighted by atomic mass is 9.95. The van der Waals surface area contributed by atoms with Gasteiger partial charge in [0.25, 0.3) is 0 Å². The molecule has 0 radical (unpaired) electrons. The fraction of sp³-hybridized carbons (Fsp3) is 1.00. The number of rotatable bonds is 24. The van der Waals surface area contributed by atoms with Crippen LogP contribution in [-0.4, -0.2) is 88.1 Å². The Balaban J connectivity index is 1.96. The monoisotopic (exact) mass is 483 g/mol. The zero-order valence-corrected chi connectivity index (χ0v) is 23.6. The average Bonchev–Trinajstić information content (AvgIpc) is 2.86. The second-order valence-corrected chi connectivity index (χ2v) is 10.4. The zero-order valence-electron chi connectivity index (χ0n) is 23.6. The van der Waals surface area contributed by atoms with Gasteiger partial charge in [0.15, 0.2) is 0 Å². The lowest BCUT2D eigenvalue weighted by Crippen LogP contribution is -2.50. The maximum Gasteiger partial charge on any atom is 0.0701 e. The molecule has 0 bridgehead atoms. The summed E-state index contributed by atoms with van der Waals surface area (Å²) in [5.41, 5.74) is 0. The van der Waals surface area contributed by atoms with Gasteiger partial charge in [0.05, 0.1) is 26.4 Å². The molecule has 1 N–H and O–H groups in total. The first-order valence-electron chi connectivity index (χ1n) is 15.1. The van der Waals surface area contributed by atoms with Crippen molar-refractivity contribution >= 4 is 0 Å². The van der Waals surface area contributed by atoms with Crippen molar-refractivity contribution < 1.29 is 9.47 Å². The molecule has 0 aromatic carbocycles. The average molecular weight is 484 g/mol. The molecule has 0 saturated carbocycles. The van der Waals surface area contributed by atoms with E-state index in [9.17, 15) is 0 Å². The van der Waals surface area contributed by atoms with Crippen molar-refractivity contribution in [1.29, 1.82) is 0 Å². The van der Waals surface area contributed by atoms with Crippen molar-refractivity contribution in [3.63, 3.8) is 0 Å². The molecular formula is C29H61N3O2. The predicted molar refractivity (Wildman–Crippen MR) is 148 cm³/mol. The summed E-state index contributed by atoms with van der Waals surface area (Å²) in [5.74, 6) is 0.839. The number of ether oxygens (including phenoxy) is 2. The molecule has 34 heavy (non-hydrogen) atoms. The molecule has 0 spiro atoms. The molecule has 2 atom stereocenters. The van der Waals surface area contributed by atoms with Crippen LogP contribution in [0, 0.1) is 5.92 Å². The van der Waals surface area contributed by atoms with Gasteiger partial charge in [-0.25, -0.2) is 0 Å². The van der Waals surface area contributed by atoms with Gasteiger partial charge in [-0.15, -0.1) is 0 Å². The van der Waals surface area contributed by atoms with Crippen molar-refractivity contribution in [2.24, 2.45) is 5.92 Å². The second kappa shape index (κ2) is 23.2. The van der Waals surface area contributed by atoms with E-state index in [1.165, 1.54) is 103 Å². The van der Waals surface area contributed by atoms with E-state index in [2.05, 4.69) is 42.8 Å². The molecule has 2 unspecified atom stereocenters. The lowest BCUT2D eigenvalue weighted by molar-refractivity contribution is 0.0276. The molecule has 1 rings (SSSR count). The standard InChI is InChI=1S/C29H61N3O2/c1-5-9-12-13-15-28(14-10-6-2)27-30-17-23-33-25-26-34-24-22-31-18-20-32(21-19-31)29(8-4)16-11-7-3/h28-30H,5-27H2,1-4H3. The van der Waals surface area contributed by atoms with Crippen LogP contribution in [0.4, 0.5) is 0 Å². The highest BCUT2D eigenvalue weighted by molar-refractivity contribution is 4.78. The molecule has 5 heteroatoms. The summed E-state index contributed by atoms with van der Waals surface area (Å²) >= 11 is 0. The molecule has 1 aliphatic heterocycles. The highest BCUT2D eigenvalue weighted by atomic mass is 16.5. The van der Waals surface area contributed by atoms with E-state index < -0.39 is 0 Å². The Hall–Kier alpha value is -0.200. The van der Waals surface area contributed by atoms with E-state index in [0.29, 0.717) is 13.2 Å². The molecule has 1 aliphatic rings. The van der Waals surface area contributed by atoms with E-state index in [-0.39, 0.29) is 0 Å². The van der Waals surface area contributed by atoms with Gasteiger partial charge in [0, 0.05) is 45.3 Å². The summed E-state index contributed by atoms with van der Waals surface area (Å²) in [6.07, 6.45) is 16.3. The van der Waals surface area contributed by atoms with Crippen LogP contribution in [0.2, 0.25) is 0 Å². The summed E-state index contributed by atoms with van der Waals surface area (Å²) in [6, 6.07) is 0.790. The zero-order chi connectivity index (χ0) is 24.7. The summed E-state index contributed by atoms with van der Waals surface area (Å²) in [6.45, 7) is 20.2. The normalized spacial score (nSPS) is 17.3. The molecule has 1 heterocycles. The van der Waals surface area contributed by atoms with Gasteiger partial charge in [-0.2, -0.15) is 0 Å². The fourth-order valence-corrected chi connectivity index (χ4v) is 5.10. The van der Waals surface area contributed by atoms with E-state index >= 15 is 0 Å². The van der Waals surface area contributed by atoms with Gasteiger partial charge in [-0.05, 0) is 38.1 Å². The third-order valence-corrected chi connectivity index (χ3v) is 7.50. The lowest BCUT2D eigenvalue weighted by Gasteiger charge is -2.39. The quantitative estimate of drug-likeness (QED) is 0.171. The smallest absolute Gasteiger partial charge is 0.0701 e. The number of hydrogen-bond acceptors (Lipinski definition) is 5. The van der Waals surface area contributed by atoms with Crippen LogP contribution in [0.25, 0.3) is 0 Å². The van der Waals surface area contributed by atoms with Crippen molar-refractivity contribution in [2.45, 2.75) is 111 Å². The summed E-state index contributed by atoms with van der Waals surface area (Å²) in [5, 5.41) is 3.63. The van der Waals surface area contributed by atoms with Crippen molar-refractivity contribution in [3.8, 4) is 0 Å². The number of unbranched alkanes of at least 4 members (excludes halogenated alkanes) is 5. The first kappa shape index (κ1) is 31.8. The van der Waals surface area contributed by atoms with Crippen molar-refractivity contribution in [1.82, 2.24) is 15.1 Å². The van der Waals surface area contributed by atoms with Crippen molar-refractivity contribution in [2.75, 3.05) is 72.2 Å². The van der Waals surface area contributed by atoms with Crippen LogP contribution in [-0.2, 0) is 9.47 Å². The fourth-order valence-electron chi connectivity index (χ4n) is 5.10. The number of nitrogens with zero attached hydrogens (tertiary/aromatic N) is 2. The van der Waals surface area contributed by atoms with E-state index in [0.717, 1.165) is 44.8 Å².